The van der Waals surface area contributed by atoms with E-state index >= 15 is 0 Å². The molecule has 0 saturated heterocycles. The second-order valence-electron chi connectivity index (χ2n) is 10.9. The van der Waals surface area contributed by atoms with Crippen molar-refractivity contribution in [1.82, 2.24) is 0 Å². The van der Waals surface area contributed by atoms with Crippen molar-refractivity contribution >= 4 is 23.3 Å². The zero-order valence-electron chi connectivity index (χ0n) is 17.9. The summed E-state index contributed by atoms with van der Waals surface area (Å²) >= 11 is 0. The number of rotatable bonds is 4. The maximum atomic E-state index is 13.6. The number of aliphatic carboxylic acids is 1. The molecule has 8 atom stereocenters. The van der Waals surface area contributed by atoms with E-state index in [2.05, 4.69) is 20.8 Å². The standard InChI is InChI=1S/C24H34O5/c1-13(4-7-21(28)29)16-5-6-17-22-18(12-20(27)24(16,17)3)23(2)9-8-15(25)10-14(23)11-19(22)26/h13-14,16-18,22H,4-12H2,1-3H3,(H,28,29)/t13-,14-,16-,17+,18-,22+,23+,24-/m1/s1. The van der Waals surface area contributed by atoms with Crippen LogP contribution in [0.1, 0.15) is 78.6 Å². The van der Waals surface area contributed by atoms with Gasteiger partial charge in [-0.3, -0.25) is 19.2 Å². The minimum Gasteiger partial charge on any atom is -0.481 e. The normalized spacial score (nSPS) is 45.3. The first-order chi connectivity index (χ1) is 13.6. The van der Waals surface area contributed by atoms with Gasteiger partial charge >= 0.3 is 5.97 Å². The largest absolute Gasteiger partial charge is 0.481 e. The summed E-state index contributed by atoms with van der Waals surface area (Å²) in [5.41, 5.74) is -0.598. The molecule has 0 spiro atoms. The number of hydrogen-bond acceptors (Lipinski definition) is 4. The van der Waals surface area contributed by atoms with Gasteiger partial charge in [0.1, 0.15) is 17.3 Å². The highest BCUT2D eigenvalue weighted by molar-refractivity contribution is 5.93. The van der Waals surface area contributed by atoms with E-state index in [0.717, 1.165) is 19.3 Å². The predicted molar refractivity (Wildman–Crippen MR) is 107 cm³/mol. The fourth-order valence-corrected chi connectivity index (χ4v) is 7.94. The van der Waals surface area contributed by atoms with Crippen molar-refractivity contribution in [2.24, 2.45) is 46.3 Å². The molecular weight excluding hydrogens is 368 g/mol. The second-order valence-corrected chi connectivity index (χ2v) is 10.9. The van der Waals surface area contributed by atoms with Gasteiger partial charge in [0.2, 0.25) is 0 Å². The smallest absolute Gasteiger partial charge is 0.303 e. The lowest BCUT2D eigenvalue weighted by atomic mass is 9.44. The number of carbonyl (C=O) groups excluding carboxylic acids is 3. The Balaban J connectivity index is 1.63. The van der Waals surface area contributed by atoms with Crippen LogP contribution < -0.4 is 0 Å². The molecule has 1 N–H and O–H groups in total. The van der Waals surface area contributed by atoms with E-state index in [0.29, 0.717) is 32.1 Å². The van der Waals surface area contributed by atoms with Crippen LogP contribution in [0.2, 0.25) is 0 Å². The molecule has 0 heterocycles. The van der Waals surface area contributed by atoms with Crippen LogP contribution in [-0.2, 0) is 19.2 Å². The molecule has 0 amide bonds. The summed E-state index contributed by atoms with van der Waals surface area (Å²) in [6, 6.07) is 0. The lowest BCUT2D eigenvalue weighted by Crippen LogP contribution is -2.60. The first kappa shape index (κ1) is 20.7. The van der Waals surface area contributed by atoms with Gasteiger partial charge in [-0.15, -0.1) is 0 Å². The van der Waals surface area contributed by atoms with Gasteiger partial charge in [0, 0.05) is 43.4 Å². The average molecular weight is 403 g/mol. The van der Waals surface area contributed by atoms with Crippen molar-refractivity contribution in [3.8, 4) is 0 Å². The van der Waals surface area contributed by atoms with Gasteiger partial charge in [-0.25, -0.2) is 0 Å². The first-order valence-corrected chi connectivity index (χ1v) is 11.4. The van der Waals surface area contributed by atoms with E-state index in [1.165, 1.54) is 0 Å². The summed E-state index contributed by atoms with van der Waals surface area (Å²) in [4.78, 5) is 50.0. The zero-order chi connectivity index (χ0) is 21.1. The van der Waals surface area contributed by atoms with Crippen LogP contribution >= 0.6 is 0 Å². The van der Waals surface area contributed by atoms with Crippen LogP contribution in [0.25, 0.3) is 0 Å². The van der Waals surface area contributed by atoms with Crippen molar-refractivity contribution in [1.29, 1.82) is 0 Å². The van der Waals surface area contributed by atoms with Gasteiger partial charge < -0.3 is 5.11 Å². The SMILES string of the molecule is C[C@H](CCC(=O)O)[C@H]1CC[C@H]2[C@@H]3C(=O)C[C@H]4CC(=O)CC[C@]4(C)[C@@H]3CC(=O)[C@]12C. The van der Waals surface area contributed by atoms with E-state index in [-0.39, 0.29) is 64.7 Å². The number of ketones is 3. The van der Waals surface area contributed by atoms with E-state index in [9.17, 15) is 19.2 Å². The minimum absolute atomic E-state index is 0.0659. The van der Waals surface area contributed by atoms with Gasteiger partial charge in [0.15, 0.2) is 0 Å². The molecule has 0 aromatic heterocycles. The summed E-state index contributed by atoms with van der Waals surface area (Å²) in [7, 11) is 0. The number of carboxylic acids is 1. The predicted octanol–water partition coefficient (Wildman–Crippen LogP) is 4.07. The lowest BCUT2D eigenvalue weighted by molar-refractivity contribution is -0.166. The third-order valence-corrected chi connectivity index (χ3v) is 9.72. The Hall–Kier alpha value is -1.52. The maximum absolute atomic E-state index is 13.6. The summed E-state index contributed by atoms with van der Waals surface area (Å²) in [6.45, 7) is 6.37. The van der Waals surface area contributed by atoms with Crippen molar-refractivity contribution < 1.29 is 24.3 Å². The van der Waals surface area contributed by atoms with Crippen LogP contribution in [0.15, 0.2) is 0 Å². The Morgan fingerprint density at radius 2 is 1.83 bits per heavy atom. The van der Waals surface area contributed by atoms with Crippen LogP contribution in [0.5, 0.6) is 0 Å². The highest BCUT2D eigenvalue weighted by Crippen LogP contribution is 2.66. The fraction of sp³-hybridized carbons (Fsp3) is 0.833. The van der Waals surface area contributed by atoms with Crippen molar-refractivity contribution in [2.75, 3.05) is 0 Å². The molecule has 0 radical (unpaired) electrons. The highest BCUT2D eigenvalue weighted by Gasteiger charge is 2.66. The molecule has 29 heavy (non-hydrogen) atoms. The topological polar surface area (TPSA) is 88.5 Å². The number of fused-ring (bicyclic) bond motifs is 5. The molecule has 0 aromatic carbocycles. The Labute approximate surface area is 173 Å². The van der Waals surface area contributed by atoms with Gasteiger partial charge in [0.25, 0.3) is 0 Å². The molecule has 0 aromatic rings. The van der Waals surface area contributed by atoms with Gasteiger partial charge in [-0.1, -0.05) is 20.8 Å². The molecule has 4 rings (SSSR count). The molecule has 5 nitrogen and oxygen atoms in total. The van der Waals surface area contributed by atoms with E-state index in [1.807, 2.05) is 0 Å². The number of carbonyl (C=O) groups is 4. The molecule has 160 valence electrons. The van der Waals surface area contributed by atoms with Gasteiger partial charge in [0.05, 0.1) is 0 Å². The average Bonchev–Trinajstić information content (AvgIpc) is 3.01. The summed E-state index contributed by atoms with van der Waals surface area (Å²) in [5.74, 6) is 0.524. The summed E-state index contributed by atoms with van der Waals surface area (Å²) in [5, 5.41) is 9.06. The third kappa shape index (κ3) is 3.02. The summed E-state index contributed by atoms with van der Waals surface area (Å²) < 4.78 is 0. The van der Waals surface area contributed by atoms with E-state index < -0.39 is 11.4 Å². The third-order valence-electron chi connectivity index (χ3n) is 9.72. The minimum atomic E-state index is -0.792. The van der Waals surface area contributed by atoms with Crippen LogP contribution in [0.3, 0.4) is 0 Å². The Kier molecular flexibility index (Phi) is 5.02. The molecule has 4 aliphatic rings. The number of carboxylic acid groups (broad SMARTS) is 1. The number of hydrogen-bond donors (Lipinski definition) is 1. The van der Waals surface area contributed by atoms with E-state index in [4.69, 9.17) is 5.11 Å². The molecule has 0 unspecified atom stereocenters. The Morgan fingerprint density at radius 1 is 1.10 bits per heavy atom. The van der Waals surface area contributed by atoms with Gasteiger partial charge in [-0.05, 0) is 60.7 Å². The summed E-state index contributed by atoms with van der Waals surface area (Å²) in [6.07, 6.45) is 5.33. The van der Waals surface area contributed by atoms with Crippen molar-refractivity contribution in [3.63, 3.8) is 0 Å². The maximum Gasteiger partial charge on any atom is 0.303 e. The molecule has 0 aliphatic heterocycles. The van der Waals surface area contributed by atoms with Crippen LogP contribution in [0, 0.1) is 46.3 Å². The molecule has 4 aliphatic carbocycles. The Morgan fingerprint density at radius 3 is 2.52 bits per heavy atom. The monoisotopic (exact) mass is 402 g/mol. The zero-order valence-corrected chi connectivity index (χ0v) is 17.9. The van der Waals surface area contributed by atoms with E-state index in [1.54, 1.807) is 0 Å². The van der Waals surface area contributed by atoms with Crippen LogP contribution in [0.4, 0.5) is 0 Å². The highest BCUT2D eigenvalue weighted by atomic mass is 16.4. The fourth-order valence-electron chi connectivity index (χ4n) is 7.94. The first-order valence-electron chi connectivity index (χ1n) is 11.4. The second kappa shape index (κ2) is 7.02. The van der Waals surface area contributed by atoms with Crippen LogP contribution in [-0.4, -0.2) is 28.4 Å². The van der Waals surface area contributed by atoms with Crippen molar-refractivity contribution in [2.45, 2.75) is 78.6 Å². The number of Topliss-reactive ketones (excluding diaryl/α,β-unsaturated/α-hetero) is 3. The molecule has 5 heteroatoms. The van der Waals surface area contributed by atoms with Gasteiger partial charge in [-0.2, -0.15) is 0 Å². The quantitative estimate of drug-likeness (QED) is 0.766. The molecule has 4 saturated carbocycles. The van der Waals surface area contributed by atoms with Crippen molar-refractivity contribution in [3.05, 3.63) is 0 Å². The Bertz CT molecular complexity index is 756. The molecule has 0 bridgehead atoms. The molecular formula is C24H34O5. The lowest BCUT2D eigenvalue weighted by Gasteiger charge is -2.58. The molecule has 4 fully saturated rings.